The van der Waals surface area contributed by atoms with E-state index in [1.54, 1.807) is 11.3 Å². The Kier molecular flexibility index (Phi) is 5.94. The van der Waals surface area contributed by atoms with Crippen molar-refractivity contribution in [2.75, 3.05) is 13.2 Å². The Morgan fingerprint density at radius 1 is 1.28 bits per heavy atom. The van der Waals surface area contributed by atoms with Gasteiger partial charge in [-0.15, -0.1) is 11.3 Å². The van der Waals surface area contributed by atoms with Gasteiger partial charge in [-0.3, -0.25) is 4.79 Å². The van der Waals surface area contributed by atoms with Crippen LogP contribution in [0.25, 0.3) is 11.4 Å². The van der Waals surface area contributed by atoms with E-state index in [-0.39, 0.29) is 11.9 Å². The first-order chi connectivity index (χ1) is 14.2. The highest BCUT2D eigenvalue weighted by Crippen LogP contribution is 2.35. The molecule has 0 bridgehead atoms. The van der Waals surface area contributed by atoms with Gasteiger partial charge in [-0.1, -0.05) is 12.1 Å². The van der Waals surface area contributed by atoms with Gasteiger partial charge in [0.25, 0.3) is 0 Å². The molecule has 29 heavy (non-hydrogen) atoms. The highest BCUT2D eigenvalue weighted by molar-refractivity contribution is 7.10. The molecule has 1 aliphatic rings. The largest absolute Gasteiger partial charge is 0.494 e. The van der Waals surface area contributed by atoms with Gasteiger partial charge in [0, 0.05) is 29.8 Å². The van der Waals surface area contributed by atoms with Crippen LogP contribution in [0.1, 0.15) is 49.1 Å². The Labute approximate surface area is 174 Å². The second-order valence-electron chi connectivity index (χ2n) is 7.03. The third-order valence-corrected chi connectivity index (χ3v) is 6.24. The first kappa shape index (κ1) is 19.6. The summed E-state index contributed by atoms with van der Waals surface area (Å²) < 4.78 is 10.8. The lowest BCUT2D eigenvalue weighted by molar-refractivity contribution is -0.134. The molecule has 152 valence electrons. The van der Waals surface area contributed by atoms with E-state index in [1.165, 1.54) is 10.4 Å². The van der Waals surface area contributed by atoms with Crippen LogP contribution in [0.3, 0.4) is 0 Å². The number of nitrogens with zero attached hydrogens (tertiary/aromatic N) is 3. The van der Waals surface area contributed by atoms with Gasteiger partial charge < -0.3 is 14.2 Å². The standard InChI is InChI=1S/C22H25N3O3S/c1-3-18-17-12-14-29-19(17)11-13-25(18)21(26)10-9-20-23-22(24-28-20)15-5-7-16(8-6-15)27-4-2/h5-8,12,14,18H,3-4,9-11,13H2,1-2H3. The summed E-state index contributed by atoms with van der Waals surface area (Å²) in [4.78, 5) is 20.8. The molecule has 1 unspecified atom stereocenters. The lowest BCUT2D eigenvalue weighted by Crippen LogP contribution is -2.39. The fourth-order valence-electron chi connectivity index (χ4n) is 3.83. The second kappa shape index (κ2) is 8.78. The van der Waals surface area contributed by atoms with E-state index in [0.717, 1.165) is 30.7 Å². The summed E-state index contributed by atoms with van der Waals surface area (Å²) in [5.74, 6) is 1.98. The molecule has 4 rings (SSSR count). The smallest absolute Gasteiger partial charge is 0.227 e. The number of hydrogen-bond acceptors (Lipinski definition) is 6. The third-order valence-electron chi connectivity index (χ3n) is 5.25. The Balaban J connectivity index is 1.38. The Hall–Kier alpha value is -2.67. The van der Waals surface area contributed by atoms with Gasteiger partial charge in [-0.25, -0.2) is 0 Å². The summed E-state index contributed by atoms with van der Waals surface area (Å²) in [5, 5.41) is 6.18. The molecule has 2 aromatic heterocycles. The van der Waals surface area contributed by atoms with Crippen LogP contribution in [0.5, 0.6) is 5.75 Å². The number of rotatable bonds is 7. The summed E-state index contributed by atoms with van der Waals surface area (Å²) in [6.45, 7) is 5.50. The molecule has 0 saturated heterocycles. The van der Waals surface area contributed by atoms with Crippen molar-refractivity contribution in [3.05, 3.63) is 52.0 Å². The van der Waals surface area contributed by atoms with Gasteiger partial charge in [0.2, 0.25) is 17.6 Å². The summed E-state index contributed by atoms with van der Waals surface area (Å²) in [6.07, 6.45) is 2.70. The monoisotopic (exact) mass is 411 g/mol. The number of carbonyl (C=O) groups excluding carboxylic acids is 1. The first-order valence-electron chi connectivity index (χ1n) is 10.1. The van der Waals surface area contributed by atoms with Crippen molar-refractivity contribution in [3.8, 4) is 17.1 Å². The highest BCUT2D eigenvalue weighted by atomic mass is 32.1. The quantitative estimate of drug-likeness (QED) is 0.565. The van der Waals surface area contributed by atoms with Crippen molar-refractivity contribution < 1.29 is 14.1 Å². The van der Waals surface area contributed by atoms with E-state index in [9.17, 15) is 4.79 Å². The molecule has 7 heteroatoms. The summed E-state index contributed by atoms with van der Waals surface area (Å²) >= 11 is 1.79. The number of amides is 1. The highest BCUT2D eigenvalue weighted by Gasteiger charge is 2.30. The molecule has 0 aliphatic carbocycles. The lowest BCUT2D eigenvalue weighted by atomic mass is 9.97. The van der Waals surface area contributed by atoms with Crippen LogP contribution < -0.4 is 4.74 Å². The molecule has 3 aromatic rings. The number of benzene rings is 1. The van der Waals surface area contributed by atoms with Crippen molar-refractivity contribution >= 4 is 17.2 Å². The summed E-state index contributed by atoms with van der Waals surface area (Å²) in [7, 11) is 0. The Morgan fingerprint density at radius 3 is 2.86 bits per heavy atom. The number of thiophene rings is 1. The molecule has 1 amide bonds. The maximum atomic E-state index is 12.9. The zero-order chi connectivity index (χ0) is 20.2. The number of ether oxygens (including phenoxy) is 1. The van der Waals surface area contributed by atoms with Gasteiger partial charge in [0.1, 0.15) is 5.75 Å². The summed E-state index contributed by atoms with van der Waals surface area (Å²) in [6, 6.07) is 9.93. The minimum Gasteiger partial charge on any atom is -0.494 e. The predicted octanol–water partition coefficient (Wildman–Crippen LogP) is 4.67. The molecule has 0 fully saturated rings. The molecule has 0 radical (unpaired) electrons. The minimum absolute atomic E-state index is 0.148. The molecule has 1 aromatic carbocycles. The summed E-state index contributed by atoms with van der Waals surface area (Å²) in [5.41, 5.74) is 2.18. The molecule has 3 heterocycles. The first-order valence-corrected chi connectivity index (χ1v) is 11.0. The van der Waals surface area contributed by atoms with Gasteiger partial charge in [-0.05, 0) is 61.0 Å². The van der Waals surface area contributed by atoms with Gasteiger partial charge >= 0.3 is 0 Å². The van der Waals surface area contributed by atoms with E-state index in [4.69, 9.17) is 9.26 Å². The molecule has 6 nitrogen and oxygen atoms in total. The van der Waals surface area contributed by atoms with E-state index in [0.29, 0.717) is 31.2 Å². The van der Waals surface area contributed by atoms with Crippen LogP contribution in [0.15, 0.2) is 40.2 Å². The van der Waals surface area contributed by atoms with E-state index < -0.39 is 0 Å². The third kappa shape index (κ3) is 4.19. The van der Waals surface area contributed by atoms with Crippen molar-refractivity contribution in [1.82, 2.24) is 15.0 Å². The molecular weight excluding hydrogens is 386 g/mol. The van der Waals surface area contributed by atoms with Gasteiger partial charge in [-0.2, -0.15) is 4.98 Å². The van der Waals surface area contributed by atoms with Crippen LogP contribution >= 0.6 is 11.3 Å². The molecule has 1 aliphatic heterocycles. The predicted molar refractivity (Wildman–Crippen MR) is 112 cm³/mol. The number of aromatic nitrogens is 2. The zero-order valence-corrected chi connectivity index (χ0v) is 17.6. The van der Waals surface area contributed by atoms with E-state index in [1.807, 2.05) is 36.1 Å². The van der Waals surface area contributed by atoms with E-state index in [2.05, 4.69) is 28.5 Å². The SMILES string of the molecule is CCOc1ccc(-c2noc(CCC(=O)N3CCc4sccc4C3CC)n2)cc1. The fourth-order valence-corrected chi connectivity index (χ4v) is 4.76. The Bertz CT molecular complexity index is 964. The van der Waals surface area contributed by atoms with Crippen LogP contribution in [-0.4, -0.2) is 34.1 Å². The Morgan fingerprint density at radius 2 is 2.10 bits per heavy atom. The topological polar surface area (TPSA) is 68.5 Å². The van der Waals surface area contributed by atoms with Gasteiger partial charge in [0.05, 0.1) is 12.6 Å². The normalized spacial score (nSPS) is 15.9. The van der Waals surface area contributed by atoms with Crippen molar-refractivity contribution in [2.45, 2.75) is 45.6 Å². The molecule has 0 spiro atoms. The average molecular weight is 412 g/mol. The fraction of sp³-hybridized carbons (Fsp3) is 0.409. The average Bonchev–Trinajstić information content (AvgIpc) is 3.41. The van der Waals surface area contributed by atoms with Crippen LogP contribution in [0.4, 0.5) is 0 Å². The molecule has 1 atom stereocenters. The lowest BCUT2D eigenvalue weighted by Gasteiger charge is -2.35. The van der Waals surface area contributed by atoms with Gasteiger partial charge in [0.15, 0.2) is 0 Å². The molecule has 0 saturated carbocycles. The van der Waals surface area contributed by atoms with Crippen LogP contribution in [0, 0.1) is 0 Å². The number of fused-ring (bicyclic) bond motifs is 1. The van der Waals surface area contributed by atoms with Crippen LogP contribution in [-0.2, 0) is 17.6 Å². The van der Waals surface area contributed by atoms with Crippen molar-refractivity contribution in [2.24, 2.45) is 0 Å². The zero-order valence-electron chi connectivity index (χ0n) is 16.8. The number of carbonyl (C=O) groups is 1. The van der Waals surface area contributed by atoms with Crippen molar-refractivity contribution in [1.29, 1.82) is 0 Å². The van der Waals surface area contributed by atoms with Crippen LogP contribution in [0.2, 0.25) is 0 Å². The molecular formula is C22H25N3O3S. The number of hydrogen-bond donors (Lipinski definition) is 0. The molecule has 0 N–H and O–H groups in total. The second-order valence-corrected chi connectivity index (χ2v) is 8.03. The maximum absolute atomic E-state index is 12.9. The van der Waals surface area contributed by atoms with E-state index >= 15 is 0 Å². The minimum atomic E-state index is 0.148. The van der Waals surface area contributed by atoms with Crippen molar-refractivity contribution in [3.63, 3.8) is 0 Å². The maximum Gasteiger partial charge on any atom is 0.227 e. The number of aryl methyl sites for hydroxylation is 1.